The summed E-state index contributed by atoms with van der Waals surface area (Å²) in [6, 6.07) is 4.98. The second kappa shape index (κ2) is 8.28. The highest BCUT2D eigenvalue weighted by atomic mass is 32.1. The molecule has 0 saturated heterocycles. The minimum Gasteiger partial charge on any atom is -0.383 e. The molecular weight excluding hydrogens is 292 g/mol. The number of nitrogens with one attached hydrogen (secondary N) is 2. The van der Waals surface area contributed by atoms with E-state index < -0.39 is 4.92 Å². The molecule has 2 N–H and O–H groups in total. The number of nitrogens with zero attached hydrogens (tertiary/aromatic N) is 2. The minimum atomic E-state index is -0.406. The Kier molecular flexibility index (Phi) is 6.70. The van der Waals surface area contributed by atoms with Crippen LogP contribution in [0.5, 0.6) is 0 Å². The van der Waals surface area contributed by atoms with Gasteiger partial charge in [-0.3, -0.25) is 15.5 Å². The van der Waals surface area contributed by atoms with Gasteiger partial charge in [0.15, 0.2) is 5.11 Å². The molecule has 0 aromatic heterocycles. The molecule has 0 aliphatic heterocycles. The van der Waals surface area contributed by atoms with Crippen LogP contribution in [-0.2, 0) is 4.74 Å². The smallest absolute Gasteiger partial charge is 0.272 e. The Labute approximate surface area is 128 Å². The molecule has 1 aromatic carbocycles. The maximum atomic E-state index is 10.9. The molecule has 0 fully saturated rings. The van der Waals surface area contributed by atoms with Gasteiger partial charge >= 0.3 is 0 Å². The Morgan fingerprint density at radius 1 is 1.52 bits per heavy atom. The summed E-state index contributed by atoms with van der Waals surface area (Å²) in [5.74, 6) is 0. The number of nitro groups is 1. The van der Waals surface area contributed by atoms with Gasteiger partial charge in [0.05, 0.1) is 17.2 Å². The van der Waals surface area contributed by atoms with E-state index in [0.717, 1.165) is 0 Å². The van der Waals surface area contributed by atoms with Gasteiger partial charge in [-0.1, -0.05) is 12.1 Å². The summed E-state index contributed by atoms with van der Waals surface area (Å²) in [6.45, 7) is 4.56. The standard InChI is InChI=1S/C13H18N4O3S/c1-9-4-5-11(8-12(9)17(18)19)10(2)15-16-13(21)14-6-7-20-3/h4-5,8H,6-7H2,1-3H3,(H2,14,16,21)/b15-10-. The first-order chi connectivity index (χ1) is 9.95. The highest BCUT2D eigenvalue weighted by molar-refractivity contribution is 7.80. The Hall–Kier alpha value is -2.06. The van der Waals surface area contributed by atoms with Gasteiger partial charge in [-0.2, -0.15) is 5.10 Å². The number of aryl methyl sites for hydroxylation is 1. The molecule has 0 bridgehead atoms. The van der Waals surface area contributed by atoms with E-state index >= 15 is 0 Å². The number of hydrogen-bond acceptors (Lipinski definition) is 5. The lowest BCUT2D eigenvalue weighted by Gasteiger charge is -2.07. The van der Waals surface area contributed by atoms with Gasteiger partial charge in [-0.05, 0) is 26.1 Å². The van der Waals surface area contributed by atoms with Gasteiger partial charge in [0.25, 0.3) is 5.69 Å². The van der Waals surface area contributed by atoms with E-state index in [4.69, 9.17) is 17.0 Å². The molecule has 8 heteroatoms. The van der Waals surface area contributed by atoms with Crippen LogP contribution in [0.15, 0.2) is 23.3 Å². The average molecular weight is 310 g/mol. The Bertz CT molecular complexity index is 560. The number of rotatable bonds is 6. The molecule has 21 heavy (non-hydrogen) atoms. The molecule has 0 amide bonds. The lowest BCUT2D eigenvalue weighted by molar-refractivity contribution is -0.385. The zero-order chi connectivity index (χ0) is 15.8. The summed E-state index contributed by atoms with van der Waals surface area (Å²) in [5.41, 5.74) is 4.64. The van der Waals surface area contributed by atoms with Crippen molar-refractivity contribution in [1.82, 2.24) is 10.7 Å². The average Bonchev–Trinajstić information content (AvgIpc) is 2.45. The van der Waals surface area contributed by atoms with Crippen LogP contribution in [-0.4, -0.2) is 36.0 Å². The maximum Gasteiger partial charge on any atom is 0.272 e. The van der Waals surface area contributed by atoms with Gasteiger partial charge in [-0.25, -0.2) is 0 Å². The maximum absolute atomic E-state index is 10.9. The number of ether oxygens (including phenoxy) is 1. The van der Waals surface area contributed by atoms with Gasteiger partial charge in [0.2, 0.25) is 0 Å². The molecule has 0 radical (unpaired) electrons. The Morgan fingerprint density at radius 2 is 2.24 bits per heavy atom. The van der Waals surface area contributed by atoms with Crippen molar-refractivity contribution in [3.63, 3.8) is 0 Å². The molecule has 1 rings (SSSR count). The fraction of sp³-hybridized carbons (Fsp3) is 0.385. The van der Waals surface area contributed by atoms with Gasteiger partial charge in [0.1, 0.15) is 0 Å². The van der Waals surface area contributed by atoms with Gasteiger partial charge in [0, 0.05) is 30.8 Å². The molecule has 0 aliphatic rings. The van der Waals surface area contributed by atoms with Crippen molar-refractivity contribution in [1.29, 1.82) is 0 Å². The van der Waals surface area contributed by atoms with E-state index in [9.17, 15) is 10.1 Å². The zero-order valence-electron chi connectivity index (χ0n) is 12.2. The predicted molar refractivity (Wildman–Crippen MR) is 85.7 cm³/mol. The third kappa shape index (κ3) is 5.44. The summed E-state index contributed by atoms with van der Waals surface area (Å²) in [5, 5.41) is 18.3. The fourth-order valence-corrected chi connectivity index (χ4v) is 1.68. The predicted octanol–water partition coefficient (Wildman–Crippen LogP) is 1.74. The van der Waals surface area contributed by atoms with Crippen LogP contribution >= 0.6 is 12.2 Å². The van der Waals surface area contributed by atoms with E-state index in [-0.39, 0.29) is 5.69 Å². The number of methoxy groups -OCH3 is 1. The number of nitro benzene ring substituents is 1. The molecule has 0 saturated carbocycles. The Morgan fingerprint density at radius 3 is 2.86 bits per heavy atom. The molecule has 0 unspecified atom stereocenters. The molecule has 0 spiro atoms. The van der Waals surface area contributed by atoms with Crippen molar-refractivity contribution in [2.24, 2.45) is 5.10 Å². The molecule has 114 valence electrons. The summed E-state index contributed by atoms with van der Waals surface area (Å²) < 4.78 is 4.88. The summed E-state index contributed by atoms with van der Waals surface area (Å²) >= 11 is 5.03. The number of hydrogen-bond donors (Lipinski definition) is 2. The van der Waals surface area contributed by atoms with Crippen LogP contribution in [0.2, 0.25) is 0 Å². The van der Waals surface area contributed by atoms with Crippen molar-refractivity contribution < 1.29 is 9.66 Å². The first-order valence-electron chi connectivity index (χ1n) is 6.28. The monoisotopic (exact) mass is 310 g/mol. The van der Waals surface area contributed by atoms with Crippen LogP contribution in [0.4, 0.5) is 5.69 Å². The molecule has 7 nitrogen and oxygen atoms in total. The second-order valence-corrected chi connectivity index (χ2v) is 4.72. The van der Waals surface area contributed by atoms with Crippen molar-refractivity contribution in [2.45, 2.75) is 13.8 Å². The normalized spacial score (nSPS) is 11.1. The van der Waals surface area contributed by atoms with Crippen LogP contribution in [0.1, 0.15) is 18.1 Å². The third-order valence-electron chi connectivity index (χ3n) is 2.74. The van der Waals surface area contributed by atoms with E-state index in [1.807, 2.05) is 0 Å². The van der Waals surface area contributed by atoms with Crippen molar-refractivity contribution in [2.75, 3.05) is 20.3 Å². The number of thiocarbonyl (C=S) groups is 1. The quantitative estimate of drug-likeness (QED) is 0.273. The second-order valence-electron chi connectivity index (χ2n) is 4.32. The first kappa shape index (κ1) is 17.0. The SMILES string of the molecule is COCCNC(=S)N/N=C(/C)c1ccc(C)c([N+](=O)[O-])c1. The number of hydrazone groups is 1. The highest BCUT2D eigenvalue weighted by Crippen LogP contribution is 2.19. The lowest BCUT2D eigenvalue weighted by Crippen LogP contribution is -2.34. The summed E-state index contributed by atoms with van der Waals surface area (Å²) in [6.07, 6.45) is 0. The highest BCUT2D eigenvalue weighted by Gasteiger charge is 2.12. The molecule has 0 heterocycles. The van der Waals surface area contributed by atoms with Crippen molar-refractivity contribution in [3.05, 3.63) is 39.4 Å². The van der Waals surface area contributed by atoms with Crippen LogP contribution in [0.3, 0.4) is 0 Å². The van der Waals surface area contributed by atoms with Crippen molar-refractivity contribution >= 4 is 28.7 Å². The largest absolute Gasteiger partial charge is 0.383 e. The van der Waals surface area contributed by atoms with Crippen LogP contribution in [0, 0.1) is 17.0 Å². The third-order valence-corrected chi connectivity index (χ3v) is 2.98. The molecule has 0 aliphatic carbocycles. The number of benzene rings is 1. The Balaban J connectivity index is 2.72. The minimum absolute atomic E-state index is 0.0721. The van der Waals surface area contributed by atoms with E-state index in [1.165, 1.54) is 6.07 Å². The van der Waals surface area contributed by atoms with Gasteiger partial charge < -0.3 is 10.1 Å². The fourth-order valence-electron chi connectivity index (χ4n) is 1.54. The van der Waals surface area contributed by atoms with Crippen molar-refractivity contribution in [3.8, 4) is 0 Å². The summed E-state index contributed by atoms with van der Waals surface area (Å²) in [7, 11) is 1.60. The van der Waals surface area contributed by atoms with Gasteiger partial charge in [-0.15, -0.1) is 0 Å². The van der Waals surface area contributed by atoms with Crippen LogP contribution < -0.4 is 10.7 Å². The van der Waals surface area contributed by atoms with E-state index in [1.54, 1.807) is 33.1 Å². The van der Waals surface area contributed by atoms with Crippen LogP contribution in [0.25, 0.3) is 0 Å². The first-order valence-corrected chi connectivity index (χ1v) is 6.69. The van der Waals surface area contributed by atoms with E-state index in [0.29, 0.717) is 35.1 Å². The lowest BCUT2D eigenvalue weighted by atomic mass is 10.1. The molecule has 0 atom stereocenters. The van der Waals surface area contributed by atoms with E-state index in [2.05, 4.69) is 15.8 Å². The molecular formula is C13H18N4O3S. The summed E-state index contributed by atoms with van der Waals surface area (Å²) in [4.78, 5) is 10.5. The topological polar surface area (TPSA) is 88.8 Å². The zero-order valence-corrected chi connectivity index (χ0v) is 13.0. The molecule has 1 aromatic rings.